The molecule has 9 heteroatoms. The van der Waals surface area contributed by atoms with Crippen LogP contribution < -0.4 is 5.32 Å². The number of furan rings is 1. The van der Waals surface area contributed by atoms with Crippen LogP contribution in [0, 0.1) is 0 Å². The van der Waals surface area contributed by atoms with E-state index in [9.17, 15) is 26.3 Å². The highest BCUT2D eigenvalue weighted by Crippen LogP contribution is 2.37. The molecule has 0 bridgehead atoms. The fourth-order valence-corrected chi connectivity index (χ4v) is 2.87. The quantitative estimate of drug-likeness (QED) is 0.492. The predicted molar refractivity (Wildman–Crippen MR) is 94.3 cm³/mol. The summed E-state index contributed by atoms with van der Waals surface area (Å²) in [6, 6.07) is 10.1. The summed E-state index contributed by atoms with van der Waals surface area (Å²) >= 11 is 0. The van der Waals surface area contributed by atoms with Crippen LogP contribution in [0.4, 0.5) is 32.0 Å². The summed E-state index contributed by atoms with van der Waals surface area (Å²) in [6.07, 6.45) is -6.35. The second-order valence-electron chi connectivity index (χ2n) is 6.41. The Morgan fingerprint density at radius 1 is 0.897 bits per heavy atom. The highest BCUT2D eigenvalue weighted by Gasteiger charge is 2.37. The van der Waals surface area contributed by atoms with Crippen LogP contribution in [-0.4, -0.2) is 11.5 Å². The number of pyridine rings is 1. The number of halogens is 6. The summed E-state index contributed by atoms with van der Waals surface area (Å²) in [5.41, 5.74) is -2.29. The SMILES string of the molecule is FC(F)(F)c1cc(NC[C@H](Cc2ccccn2)c2ccco2)cc(C(F)(F)F)c1. The first kappa shape index (κ1) is 20.8. The average Bonchev–Trinajstić information content (AvgIpc) is 3.19. The molecule has 2 heterocycles. The number of nitrogens with one attached hydrogen (secondary N) is 1. The zero-order valence-electron chi connectivity index (χ0n) is 14.9. The first-order valence-electron chi connectivity index (χ1n) is 8.59. The molecule has 154 valence electrons. The van der Waals surface area contributed by atoms with Crippen molar-refractivity contribution in [1.82, 2.24) is 4.98 Å². The van der Waals surface area contributed by atoms with E-state index in [4.69, 9.17) is 4.42 Å². The first-order chi connectivity index (χ1) is 13.6. The first-order valence-corrected chi connectivity index (χ1v) is 8.59. The number of anilines is 1. The fraction of sp³-hybridized carbons (Fsp3) is 0.250. The van der Waals surface area contributed by atoms with Gasteiger partial charge in [-0.25, -0.2) is 0 Å². The van der Waals surface area contributed by atoms with Crippen LogP contribution >= 0.6 is 0 Å². The number of nitrogens with zero attached hydrogens (tertiary/aromatic N) is 1. The van der Waals surface area contributed by atoms with E-state index in [-0.39, 0.29) is 24.2 Å². The van der Waals surface area contributed by atoms with E-state index in [0.717, 1.165) is 5.69 Å². The molecule has 3 rings (SSSR count). The summed E-state index contributed by atoms with van der Waals surface area (Å²) in [5, 5.41) is 2.69. The van der Waals surface area contributed by atoms with Crippen molar-refractivity contribution in [3.63, 3.8) is 0 Å². The van der Waals surface area contributed by atoms with Crippen LogP contribution in [0.1, 0.15) is 28.5 Å². The summed E-state index contributed by atoms with van der Waals surface area (Å²) in [7, 11) is 0. The average molecular weight is 414 g/mol. The minimum Gasteiger partial charge on any atom is -0.469 e. The molecule has 0 aliphatic heterocycles. The van der Waals surface area contributed by atoms with Gasteiger partial charge in [0.05, 0.1) is 17.4 Å². The number of rotatable bonds is 6. The Hall–Kier alpha value is -2.97. The van der Waals surface area contributed by atoms with E-state index in [2.05, 4.69) is 10.3 Å². The molecule has 1 N–H and O–H groups in total. The van der Waals surface area contributed by atoms with Gasteiger partial charge < -0.3 is 9.73 Å². The van der Waals surface area contributed by atoms with E-state index < -0.39 is 23.5 Å². The lowest BCUT2D eigenvalue weighted by Crippen LogP contribution is -2.17. The zero-order chi connectivity index (χ0) is 21.1. The van der Waals surface area contributed by atoms with Crippen LogP contribution in [0.15, 0.2) is 65.4 Å². The van der Waals surface area contributed by atoms with Gasteiger partial charge in [0.15, 0.2) is 0 Å². The molecule has 0 radical (unpaired) electrons. The number of hydrogen-bond acceptors (Lipinski definition) is 3. The molecule has 0 spiro atoms. The van der Waals surface area contributed by atoms with Crippen molar-refractivity contribution in [3.05, 3.63) is 83.6 Å². The van der Waals surface area contributed by atoms with E-state index in [0.29, 0.717) is 24.3 Å². The Morgan fingerprint density at radius 3 is 2.10 bits per heavy atom. The van der Waals surface area contributed by atoms with E-state index in [1.54, 1.807) is 36.5 Å². The van der Waals surface area contributed by atoms with Crippen molar-refractivity contribution in [1.29, 1.82) is 0 Å². The molecule has 2 aromatic heterocycles. The minimum absolute atomic E-state index is 0.0582. The van der Waals surface area contributed by atoms with Crippen LogP contribution in [0.5, 0.6) is 0 Å². The van der Waals surface area contributed by atoms with Crippen molar-refractivity contribution >= 4 is 5.69 Å². The summed E-state index contributed by atoms with van der Waals surface area (Å²) < 4.78 is 83.5. The number of aromatic nitrogens is 1. The lowest BCUT2D eigenvalue weighted by molar-refractivity contribution is -0.143. The lowest BCUT2D eigenvalue weighted by atomic mass is 9.99. The summed E-state index contributed by atoms with van der Waals surface area (Å²) in [4.78, 5) is 4.21. The third kappa shape index (κ3) is 5.52. The smallest absolute Gasteiger partial charge is 0.416 e. The maximum absolute atomic E-state index is 13.0. The van der Waals surface area contributed by atoms with Gasteiger partial charge in [0.25, 0.3) is 0 Å². The van der Waals surface area contributed by atoms with Crippen LogP contribution in [0.3, 0.4) is 0 Å². The van der Waals surface area contributed by atoms with E-state index in [1.165, 1.54) is 6.26 Å². The highest BCUT2D eigenvalue weighted by molar-refractivity contribution is 5.50. The van der Waals surface area contributed by atoms with Crippen LogP contribution in [0.2, 0.25) is 0 Å². The van der Waals surface area contributed by atoms with Gasteiger partial charge in [-0.05, 0) is 42.5 Å². The van der Waals surface area contributed by atoms with Gasteiger partial charge in [-0.2, -0.15) is 26.3 Å². The van der Waals surface area contributed by atoms with Crippen molar-refractivity contribution < 1.29 is 30.8 Å². The maximum atomic E-state index is 13.0. The zero-order valence-corrected chi connectivity index (χ0v) is 14.9. The molecule has 0 unspecified atom stereocenters. The number of benzene rings is 1. The number of alkyl halides is 6. The lowest BCUT2D eigenvalue weighted by Gasteiger charge is -2.18. The van der Waals surface area contributed by atoms with Crippen molar-refractivity contribution in [2.75, 3.05) is 11.9 Å². The normalized spacial score (nSPS) is 13.3. The summed E-state index contributed by atoms with van der Waals surface area (Å²) in [5.74, 6) is 0.204. The van der Waals surface area contributed by atoms with Gasteiger partial charge >= 0.3 is 12.4 Å². The monoisotopic (exact) mass is 414 g/mol. The Labute approximate surface area is 162 Å². The van der Waals surface area contributed by atoms with Crippen LogP contribution in [0.25, 0.3) is 0 Å². The Kier molecular flexibility index (Phi) is 5.86. The molecule has 3 aromatic rings. The molecule has 0 saturated heterocycles. The van der Waals surface area contributed by atoms with Gasteiger partial charge in [-0.3, -0.25) is 4.98 Å². The molecule has 1 aromatic carbocycles. The molecular formula is C20H16F6N2O. The molecule has 1 atom stereocenters. The molecule has 0 fully saturated rings. The fourth-order valence-electron chi connectivity index (χ4n) is 2.87. The van der Waals surface area contributed by atoms with Gasteiger partial charge in [0.2, 0.25) is 0 Å². The molecule has 0 aliphatic carbocycles. The molecule has 0 amide bonds. The second kappa shape index (κ2) is 8.18. The minimum atomic E-state index is -4.90. The predicted octanol–water partition coefficient (Wildman–Crippen LogP) is 6.15. The Bertz CT molecular complexity index is 888. The molecule has 3 nitrogen and oxygen atoms in total. The molecule has 29 heavy (non-hydrogen) atoms. The van der Waals surface area contributed by atoms with Gasteiger partial charge in [0.1, 0.15) is 5.76 Å². The van der Waals surface area contributed by atoms with Gasteiger partial charge in [-0.1, -0.05) is 6.07 Å². The largest absolute Gasteiger partial charge is 0.469 e. The highest BCUT2D eigenvalue weighted by atomic mass is 19.4. The second-order valence-corrected chi connectivity index (χ2v) is 6.41. The third-order valence-corrected chi connectivity index (χ3v) is 4.27. The van der Waals surface area contributed by atoms with E-state index >= 15 is 0 Å². The van der Waals surface area contributed by atoms with E-state index in [1.807, 2.05) is 0 Å². The Morgan fingerprint density at radius 2 is 1.59 bits per heavy atom. The molecule has 0 aliphatic rings. The Balaban J connectivity index is 1.85. The van der Waals surface area contributed by atoms with Crippen molar-refractivity contribution in [2.45, 2.75) is 24.7 Å². The van der Waals surface area contributed by atoms with Crippen molar-refractivity contribution in [3.8, 4) is 0 Å². The maximum Gasteiger partial charge on any atom is 0.416 e. The standard InChI is InChI=1S/C20H16F6N2O/c21-19(22,23)14-9-15(20(24,25)26)11-17(10-14)28-12-13(18-5-3-7-29-18)8-16-4-1-2-6-27-16/h1-7,9-11,13,28H,8,12H2/t13-/m0/s1. The third-order valence-electron chi connectivity index (χ3n) is 4.27. The van der Waals surface area contributed by atoms with Gasteiger partial charge in [-0.15, -0.1) is 0 Å². The van der Waals surface area contributed by atoms with Crippen molar-refractivity contribution in [2.24, 2.45) is 0 Å². The van der Waals surface area contributed by atoms with Gasteiger partial charge in [0, 0.05) is 36.5 Å². The topological polar surface area (TPSA) is 38.1 Å². The van der Waals surface area contributed by atoms with Crippen LogP contribution in [-0.2, 0) is 18.8 Å². The molecule has 0 saturated carbocycles. The molecular weight excluding hydrogens is 398 g/mol. The summed E-state index contributed by atoms with van der Waals surface area (Å²) in [6.45, 7) is 0.0582. The number of hydrogen-bond donors (Lipinski definition) is 1.